The van der Waals surface area contributed by atoms with Crippen LogP contribution >= 0.6 is 0 Å². The van der Waals surface area contributed by atoms with Gasteiger partial charge in [0.05, 0.1) is 5.69 Å². The maximum atomic E-state index is 5.85. The fourth-order valence-corrected chi connectivity index (χ4v) is 3.05. The molecule has 1 aliphatic heterocycles. The Bertz CT molecular complexity index is 430. The maximum Gasteiger partial charge on any atom is 0.0641 e. The summed E-state index contributed by atoms with van der Waals surface area (Å²) in [5.74, 6) is 5.85. The molecule has 2 rings (SSSR count). The van der Waals surface area contributed by atoms with Crippen molar-refractivity contribution < 1.29 is 0 Å². The fraction of sp³-hybridized carbons (Fsp3) is 0.800. The van der Waals surface area contributed by atoms with E-state index in [0.717, 1.165) is 31.7 Å². The molecular weight excluding hydrogens is 264 g/mol. The molecule has 0 aliphatic carbocycles. The van der Waals surface area contributed by atoms with Gasteiger partial charge in [-0.1, -0.05) is 0 Å². The number of aromatic nitrogens is 2. The zero-order valence-corrected chi connectivity index (χ0v) is 13.8. The highest BCUT2D eigenvalue weighted by Crippen LogP contribution is 2.14. The molecule has 0 amide bonds. The van der Waals surface area contributed by atoms with Crippen LogP contribution in [-0.4, -0.2) is 65.4 Å². The largest absolute Gasteiger partial charge is 0.305 e. The number of nitrogens with two attached hydrogens (primary N) is 1. The van der Waals surface area contributed by atoms with Gasteiger partial charge in [-0.2, -0.15) is 5.10 Å². The third-order valence-electron chi connectivity index (χ3n) is 4.42. The van der Waals surface area contributed by atoms with E-state index in [4.69, 9.17) is 5.84 Å². The molecule has 1 saturated heterocycles. The molecule has 2 atom stereocenters. The number of nitrogens with one attached hydrogen (secondary N) is 1. The van der Waals surface area contributed by atoms with Crippen LogP contribution in [-0.2, 0) is 6.42 Å². The smallest absolute Gasteiger partial charge is 0.0641 e. The number of rotatable bonds is 5. The molecule has 3 N–H and O–H groups in total. The van der Waals surface area contributed by atoms with Gasteiger partial charge < -0.3 is 9.80 Å². The molecule has 2 unspecified atom stereocenters. The summed E-state index contributed by atoms with van der Waals surface area (Å²) in [7, 11) is 4.38. The van der Waals surface area contributed by atoms with E-state index >= 15 is 0 Å². The van der Waals surface area contributed by atoms with Crippen molar-refractivity contribution in [1.29, 1.82) is 0 Å². The van der Waals surface area contributed by atoms with E-state index in [2.05, 4.69) is 60.5 Å². The van der Waals surface area contributed by atoms with Crippen LogP contribution in [0, 0.1) is 0 Å². The minimum Gasteiger partial charge on any atom is -0.305 e. The summed E-state index contributed by atoms with van der Waals surface area (Å²) in [5, 5.41) is 4.65. The Balaban J connectivity index is 2.06. The molecule has 0 radical (unpaired) electrons. The van der Waals surface area contributed by atoms with Crippen LogP contribution in [0.25, 0.3) is 0 Å². The molecule has 1 aliphatic rings. The monoisotopic (exact) mass is 294 g/mol. The number of likely N-dealkylation sites (N-methyl/N-ethyl adjacent to an activating group) is 2. The highest BCUT2D eigenvalue weighted by atomic mass is 15.3. The van der Waals surface area contributed by atoms with Crippen LogP contribution in [0.2, 0.25) is 0 Å². The van der Waals surface area contributed by atoms with Crippen molar-refractivity contribution >= 4 is 0 Å². The summed E-state index contributed by atoms with van der Waals surface area (Å²) < 4.78 is 2.01. The van der Waals surface area contributed by atoms with Crippen molar-refractivity contribution in [1.82, 2.24) is 25.0 Å². The maximum absolute atomic E-state index is 5.85. The Morgan fingerprint density at radius 1 is 1.38 bits per heavy atom. The van der Waals surface area contributed by atoms with Crippen molar-refractivity contribution in [2.75, 3.05) is 33.7 Å². The highest BCUT2D eigenvalue weighted by molar-refractivity contribution is 5.04. The molecule has 120 valence electrons. The molecule has 1 fully saturated rings. The van der Waals surface area contributed by atoms with E-state index < -0.39 is 0 Å². The lowest BCUT2D eigenvalue weighted by atomic mass is 10.0. The topological polar surface area (TPSA) is 62.4 Å². The first-order valence-corrected chi connectivity index (χ1v) is 7.90. The van der Waals surface area contributed by atoms with Crippen molar-refractivity contribution in [2.45, 2.75) is 44.8 Å². The summed E-state index contributed by atoms with van der Waals surface area (Å²) in [6.45, 7) is 7.59. The molecule has 0 bridgehead atoms. The molecule has 6 heteroatoms. The predicted octanol–water partition coefficient (Wildman–Crippen LogP) is 0.474. The zero-order valence-electron chi connectivity index (χ0n) is 13.8. The first-order chi connectivity index (χ1) is 10.0. The van der Waals surface area contributed by atoms with Gasteiger partial charge in [0.25, 0.3) is 0 Å². The SMILES string of the molecule is CC(C)n1ccc(CC(NN)C2CN(C)CCCN2C)n1. The van der Waals surface area contributed by atoms with Crippen LogP contribution in [0.4, 0.5) is 0 Å². The van der Waals surface area contributed by atoms with Gasteiger partial charge in [-0.3, -0.25) is 16.0 Å². The van der Waals surface area contributed by atoms with E-state index in [0.29, 0.717) is 12.1 Å². The number of hydrazine groups is 1. The molecule has 1 aromatic heterocycles. The van der Waals surface area contributed by atoms with Gasteiger partial charge in [-0.05, 0) is 53.5 Å². The number of hydrogen-bond donors (Lipinski definition) is 2. The molecule has 0 saturated carbocycles. The second-order valence-corrected chi connectivity index (χ2v) is 6.52. The summed E-state index contributed by atoms with van der Waals surface area (Å²) in [6, 6.07) is 3.12. The average molecular weight is 294 g/mol. The number of hydrogen-bond acceptors (Lipinski definition) is 5. The molecule has 0 aromatic carbocycles. The van der Waals surface area contributed by atoms with Crippen molar-refractivity contribution in [2.24, 2.45) is 5.84 Å². The Morgan fingerprint density at radius 3 is 2.76 bits per heavy atom. The first kappa shape index (κ1) is 16.4. The summed E-state index contributed by atoms with van der Waals surface area (Å²) >= 11 is 0. The Labute approximate surface area is 128 Å². The first-order valence-electron chi connectivity index (χ1n) is 7.90. The van der Waals surface area contributed by atoms with Gasteiger partial charge in [-0.15, -0.1) is 0 Å². The zero-order chi connectivity index (χ0) is 15.4. The molecule has 0 spiro atoms. The van der Waals surface area contributed by atoms with Crippen molar-refractivity contribution in [3.05, 3.63) is 18.0 Å². The molecule has 21 heavy (non-hydrogen) atoms. The van der Waals surface area contributed by atoms with Crippen molar-refractivity contribution in [3.63, 3.8) is 0 Å². The Morgan fingerprint density at radius 2 is 2.14 bits per heavy atom. The van der Waals surface area contributed by atoms with Gasteiger partial charge in [0, 0.05) is 37.3 Å². The lowest BCUT2D eigenvalue weighted by Crippen LogP contribution is -2.55. The Kier molecular flexibility index (Phi) is 5.75. The van der Waals surface area contributed by atoms with E-state index in [1.807, 2.05) is 4.68 Å². The lowest BCUT2D eigenvalue weighted by Gasteiger charge is -2.33. The van der Waals surface area contributed by atoms with Gasteiger partial charge >= 0.3 is 0 Å². The quantitative estimate of drug-likeness (QED) is 0.611. The highest BCUT2D eigenvalue weighted by Gasteiger charge is 2.28. The standard InChI is InChI=1S/C15H30N6/c1-12(2)21-9-6-13(18-21)10-14(17-16)15-11-19(3)7-5-8-20(15)4/h6,9,12,14-15,17H,5,7-8,10-11,16H2,1-4H3. The second-order valence-electron chi connectivity index (χ2n) is 6.52. The molecule has 6 nitrogen and oxygen atoms in total. The third kappa shape index (κ3) is 4.26. The van der Waals surface area contributed by atoms with E-state index in [1.165, 1.54) is 6.42 Å². The third-order valence-corrected chi connectivity index (χ3v) is 4.42. The van der Waals surface area contributed by atoms with E-state index in [-0.39, 0.29) is 6.04 Å². The Hall–Kier alpha value is -0.950. The van der Waals surface area contributed by atoms with Crippen LogP contribution in [0.5, 0.6) is 0 Å². The number of nitrogens with zero attached hydrogens (tertiary/aromatic N) is 4. The normalized spacial score (nSPS) is 23.4. The minimum absolute atomic E-state index is 0.214. The molecule has 1 aromatic rings. The average Bonchev–Trinajstić information content (AvgIpc) is 2.84. The van der Waals surface area contributed by atoms with Crippen LogP contribution < -0.4 is 11.3 Å². The van der Waals surface area contributed by atoms with Crippen molar-refractivity contribution in [3.8, 4) is 0 Å². The van der Waals surface area contributed by atoms with Gasteiger partial charge in [0.1, 0.15) is 0 Å². The van der Waals surface area contributed by atoms with E-state index in [1.54, 1.807) is 0 Å². The second kappa shape index (κ2) is 7.35. The fourth-order valence-electron chi connectivity index (χ4n) is 3.05. The summed E-state index contributed by atoms with van der Waals surface area (Å²) in [4.78, 5) is 4.82. The minimum atomic E-state index is 0.214. The van der Waals surface area contributed by atoms with E-state index in [9.17, 15) is 0 Å². The summed E-state index contributed by atoms with van der Waals surface area (Å²) in [5.41, 5.74) is 4.12. The van der Waals surface area contributed by atoms with Gasteiger partial charge in [0.2, 0.25) is 0 Å². The lowest BCUT2D eigenvalue weighted by molar-refractivity contribution is 0.176. The van der Waals surface area contributed by atoms with Crippen LogP contribution in [0.15, 0.2) is 12.3 Å². The van der Waals surface area contributed by atoms with Crippen LogP contribution in [0.3, 0.4) is 0 Å². The predicted molar refractivity (Wildman–Crippen MR) is 86.0 cm³/mol. The van der Waals surface area contributed by atoms with Crippen LogP contribution in [0.1, 0.15) is 32.0 Å². The van der Waals surface area contributed by atoms with Gasteiger partial charge in [-0.25, -0.2) is 0 Å². The van der Waals surface area contributed by atoms with Gasteiger partial charge in [0.15, 0.2) is 0 Å². The molecular formula is C15H30N6. The summed E-state index contributed by atoms with van der Waals surface area (Å²) in [6.07, 6.45) is 4.12. The molecule has 2 heterocycles.